The van der Waals surface area contributed by atoms with Crippen molar-refractivity contribution in [2.75, 3.05) is 36.5 Å². The van der Waals surface area contributed by atoms with Crippen molar-refractivity contribution in [2.24, 2.45) is 0 Å². The van der Waals surface area contributed by atoms with Gasteiger partial charge in [0.15, 0.2) is 0 Å². The van der Waals surface area contributed by atoms with Crippen LogP contribution in [0.5, 0.6) is 0 Å². The summed E-state index contributed by atoms with van der Waals surface area (Å²) in [4.78, 5) is 23.7. The lowest BCUT2D eigenvalue weighted by atomic mass is 10.1. The second-order valence-electron chi connectivity index (χ2n) is 5.11. The highest BCUT2D eigenvalue weighted by Crippen LogP contribution is 2.35. The first-order valence-electron chi connectivity index (χ1n) is 7.38. The Hall–Kier alpha value is -2.33. The average Bonchev–Trinajstić information content (AvgIpc) is 2.52. The molecule has 0 aliphatic rings. The summed E-state index contributed by atoms with van der Waals surface area (Å²) in [6, 6.07) is 2.68. The predicted octanol–water partition coefficient (Wildman–Crippen LogP) is 1.30. The first-order valence-corrected chi connectivity index (χ1v) is 7.38. The van der Waals surface area contributed by atoms with Crippen molar-refractivity contribution in [3.63, 3.8) is 0 Å². The van der Waals surface area contributed by atoms with Gasteiger partial charge in [0, 0.05) is 19.5 Å². The Labute approximate surface area is 141 Å². The van der Waals surface area contributed by atoms with Crippen LogP contribution in [0.4, 0.5) is 24.5 Å². The van der Waals surface area contributed by atoms with Crippen LogP contribution in [0.15, 0.2) is 18.2 Å². The van der Waals surface area contributed by atoms with Crippen LogP contribution >= 0.6 is 0 Å². The molecule has 1 amide bonds. The molecule has 7 nitrogen and oxygen atoms in total. The summed E-state index contributed by atoms with van der Waals surface area (Å²) in [5, 5.41) is 29.0. The molecule has 0 saturated carbocycles. The molecule has 0 heterocycles. The summed E-state index contributed by atoms with van der Waals surface area (Å²) in [7, 11) is 0. The third-order valence-corrected chi connectivity index (χ3v) is 3.24. The van der Waals surface area contributed by atoms with Crippen molar-refractivity contribution < 1.29 is 38.1 Å². The van der Waals surface area contributed by atoms with Crippen LogP contribution in [-0.4, -0.2) is 53.5 Å². The molecule has 0 spiro atoms. The number of carboxylic acid groups (broad SMARTS) is 1. The zero-order valence-corrected chi connectivity index (χ0v) is 13.2. The number of benzene rings is 1. The minimum Gasteiger partial charge on any atom is -0.481 e. The molecule has 1 aromatic carbocycles. The minimum absolute atomic E-state index is 0.0317. The second kappa shape index (κ2) is 9.23. The van der Waals surface area contributed by atoms with Crippen molar-refractivity contribution in [3.8, 4) is 0 Å². The molecule has 0 atom stereocenters. The van der Waals surface area contributed by atoms with E-state index in [1.54, 1.807) is 0 Å². The number of aliphatic hydroxyl groups is 2. The smallest absolute Gasteiger partial charge is 0.416 e. The number of alkyl halides is 3. The van der Waals surface area contributed by atoms with Gasteiger partial charge in [-0.15, -0.1) is 0 Å². The van der Waals surface area contributed by atoms with Crippen molar-refractivity contribution in [1.29, 1.82) is 0 Å². The van der Waals surface area contributed by atoms with Crippen molar-refractivity contribution in [2.45, 2.75) is 19.0 Å². The average molecular weight is 364 g/mol. The fourth-order valence-electron chi connectivity index (χ4n) is 2.12. The maximum Gasteiger partial charge on any atom is 0.416 e. The van der Waals surface area contributed by atoms with Gasteiger partial charge in [-0.25, -0.2) is 0 Å². The first kappa shape index (κ1) is 20.7. The van der Waals surface area contributed by atoms with Gasteiger partial charge >= 0.3 is 12.1 Å². The molecule has 4 N–H and O–H groups in total. The molecule has 0 aliphatic carbocycles. The Kier molecular flexibility index (Phi) is 7.65. The van der Waals surface area contributed by atoms with Gasteiger partial charge < -0.3 is 25.5 Å². The molecule has 0 saturated heterocycles. The van der Waals surface area contributed by atoms with Gasteiger partial charge in [0.2, 0.25) is 5.91 Å². The van der Waals surface area contributed by atoms with E-state index in [-0.39, 0.29) is 37.7 Å². The molecule has 0 bridgehead atoms. The van der Waals surface area contributed by atoms with E-state index in [0.29, 0.717) is 0 Å². The maximum atomic E-state index is 12.9. The van der Waals surface area contributed by atoms with Crippen LogP contribution < -0.4 is 10.2 Å². The molecule has 0 fully saturated rings. The van der Waals surface area contributed by atoms with Crippen LogP contribution in [0.1, 0.15) is 18.4 Å². The number of rotatable bonds is 9. The molecule has 0 aliphatic heterocycles. The molecule has 10 heteroatoms. The molecule has 25 heavy (non-hydrogen) atoms. The number of aliphatic carboxylic acids is 1. The Balaban J connectivity index is 3.17. The zero-order chi connectivity index (χ0) is 19.0. The SMILES string of the molecule is O=C(O)CCC(=O)Nc1cc(C(F)(F)F)ccc1N(CCO)CCO. The fraction of sp³-hybridized carbons (Fsp3) is 0.467. The zero-order valence-electron chi connectivity index (χ0n) is 13.2. The molecule has 140 valence electrons. The Morgan fingerprint density at radius 3 is 2.16 bits per heavy atom. The van der Waals surface area contributed by atoms with E-state index < -0.39 is 36.5 Å². The number of aliphatic hydroxyl groups excluding tert-OH is 2. The maximum absolute atomic E-state index is 12.9. The summed E-state index contributed by atoms with van der Waals surface area (Å²) in [6.07, 6.45) is -5.49. The molecule has 1 rings (SSSR count). The van der Waals surface area contributed by atoms with Gasteiger partial charge in [0.05, 0.1) is 36.6 Å². The normalized spacial score (nSPS) is 11.2. The van der Waals surface area contributed by atoms with Crippen LogP contribution in [0.3, 0.4) is 0 Å². The van der Waals surface area contributed by atoms with Crippen molar-refractivity contribution in [3.05, 3.63) is 23.8 Å². The van der Waals surface area contributed by atoms with E-state index in [4.69, 9.17) is 15.3 Å². The molecular formula is C15H19F3N2O5. The minimum atomic E-state index is -4.63. The number of hydrogen-bond acceptors (Lipinski definition) is 5. The molecule has 0 unspecified atom stereocenters. The van der Waals surface area contributed by atoms with Crippen molar-refractivity contribution in [1.82, 2.24) is 0 Å². The third-order valence-electron chi connectivity index (χ3n) is 3.24. The summed E-state index contributed by atoms with van der Waals surface area (Å²) >= 11 is 0. The topological polar surface area (TPSA) is 110 Å². The predicted molar refractivity (Wildman–Crippen MR) is 83.3 cm³/mol. The van der Waals surface area contributed by atoms with Gasteiger partial charge in [-0.2, -0.15) is 13.2 Å². The van der Waals surface area contributed by atoms with Gasteiger partial charge in [0.25, 0.3) is 0 Å². The van der Waals surface area contributed by atoms with Gasteiger partial charge in [0.1, 0.15) is 0 Å². The third kappa shape index (κ3) is 6.59. The lowest BCUT2D eigenvalue weighted by molar-refractivity contribution is -0.138. The number of nitrogens with one attached hydrogen (secondary N) is 1. The van der Waals surface area contributed by atoms with Crippen LogP contribution in [0, 0.1) is 0 Å². The molecular weight excluding hydrogens is 345 g/mol. The van der Waals surface area contributed by atoms with E-state index in [2.05, 4.69) is 5.32 Å². The second-order valence-corrected chi connectivity index (χ2v) is 5.11. The highest BCUT2D eigenvalue weighted by molar-refractivity contribution is 5.95. The van der Waals surface area contributed by atoms with Gasteiger partial charge in [-0.05, 0) is 18.2 Å². The summed E-state index contributed by atoms with van der Waals surface area (Å²) in [6.45, 7) is -0.561. The molecule has 0 radical (unpaired) electrons. The number of carbonyl (C=O) groups is 2. The standard InChI is InChI=1S/C15H19F3N2O5/c16-15(17,18)10-1-2-12(20(5-7-21)6-8-22)11(9-10)19-13(23)3-4-14(24)25/h1-2,9,21-22H,3-8H2,(H,19,23)(H,24,25). The van der Waals surface area contributed by atoms with E-state index in [9.17, 15) is 22.8 Å². The largest absolute Gasteiger partial charge is 0.481 e. The Bertz CT molecular complexity index is 601. The highest BCUT2D eigenvalue weighted by Gasteiger charge is 2.31. The van der Waals surface area contributed by atoms with E-state index in [1.807, 2.05) is 0 Å². The fourth-order valence-corrected chi connectivity index (χ4v) is 2.12. The molecule has 1 aromatic rings. The van der Waals surface area contributed by atoms with Crippen LogP contribution in [0.2, 0.25) is 0 Å². The number of carbonyl (C=O) groups excluding carboxylic acids is 1. The number of nitrogens with zero attached hydrogens (tertiary/aromatic N) is 1. The lowest BCUT2D eigenvalue weighted by Crippen LogP contribution is -2.31. The van der Waals surface area contributed by atoms with Gasteiger partial charge in [-0.1, -0.05) is 0 Å². The monoisotopic (exact) mass is 364 g/mol. The first-order chi connectivity index (χ1) is 11.7. The van der Waals surface area contributed by atoms with Crippen LogP contribution in [0.25, 0.3) is 0 Å². The summed E-state index contributed by atoms with van der Waals surface area (Å²) < 4.78 is 38.7. The van der Waals surface area contributed by atoms with E-state index in [1.165, 1.54) is 4.90 Å². The van der Waals surface area contributed by atoms with E-state index >= 15 is 0 Å². The quantitative estimate of drug-likeness (QED) is 0.526. The number of hydrogen-bond donors (Lipinski definition) is 4. The number of amides is 1. The van der Waals surface area contributed by atoms with Crippen molar-refractivity contribution >= 4 is 23.3 Å². The molecule has 0 aromatic heterocycles. The Morgan fingerprint density at radius 1 is 1.08 bits per heavy atom. The number of carboxylic acids is 1. The van der Waals surface area contributed by atoms with Gasteiger partial charge in [-0.3, -0.25) is 9.59 Å². The highest BCUT2D eigenvalue weighted by atomic mass is 19.4. The van der Waals surface area contributed by atoms with Crippen LogP contribution in [-0.2, 0) is 15.8 Å². The van der Waals surface area contributed by atoms with E-state index in [0.717, 1.165) is 18.2 Å². The number of anilines is 2. The lowest BCUT2D eigenvalue weighted by Gasteiger charge is -2.26. The summed E-state index contributed by atoms with van der Waals surface area (Å²) in [5.41, 5.74) is -0.982. The number of halogens is 3. The summed E-state index contributed by atoms with van der Waals surface area (Å²) in [5.74, 6) is -1.96. The Morgan fingerprint density at radius 2 is 1.68 bits per heavy atom.